The van der Waals surface area contributed by atoms with Crippen LogP contribution in [0, 0.1) is 0 Å². The van der Waals surface area contributed by atoms with Crippen molar-refractivity contribution in [3.63, 3.8) is 0 Å². The molecule has 56 heavy (non-hydrogen) atoms. The van der Waals surface area contributed by atoms with Gasteiger partial charge in [0.1, 0.15) is 0 Å². The summed E-state index contributed by atoms with van der Waals surface area (Å²) >= 11 is 24.9. The number of hydrogen-bond donors (Lipinski definition) is 1. The maximum atomic E-state index is 10.9. The molecule has 0 aliphatic heterocycles. The fourth-order valence-corrected chi connectivity index (χ4v) is 7.06. The van der Waals surface area contributed by atoms with Crippen molar-refractivity contribution in [3.05, 3.63) is 91.0 Å². The van der Waals surface area contributed by atoms with Crippen molar-refractivity contribution in [3.8, 4) is 0 Å². The molecule has 0 amide bonds. The molecule has 3 aromatic carbocycles. The zero-order valence-corrected chi connectivity index (χ0v) is 36.8. The molecule has 11 nitrogen and oxygen atoms in total. The Kier molecular flexibility index (Phi) is 31.7. The summed E-state index contributed by atoms with van der Waals surface area (Å²) in [6, 6.07) is 32.3. The summed E-state index contributed by atoms with van der Waals surface area (Å²) in [5.74, 6) is -0.681. The second kappa shape index (κ2) is 33.3. The maximum absolute atomic E-state index is 10.9. The molecule has 0 radical (unpaired) electrons. The Morgan fingerprint density at radius 3 is 0.982 bits per heavy atom. The van der Waals surface area contributed by atoms with Gasteiger partial charge in [-0.2, -0.15) is 0 Å². The average molecular weight is 901 g/mol. The highest BCUT2D eigenvalue weighted by atomic mass is 35.6. The van der Waals surface area contributed by atoms with Gasteiger partial charge >= 0.3 is 23.9 Å². The van der Waals surface area contributed by atoms with E-state index in [2.05, 4.69) is 110 Å². The van der Waals surface area contributed by atoms with Gasteiger partial charge < -0.3 is 29.0 Å². The smallest absolute Gasteiger partial charge is 0.306 e. The van der Waals surface area contributed by atoms with Crippen LogP contribution in [0.25, 0.3) is 0 Å². The van der Waals surface area contributed by atoms with Crippen molar-refractivity contribution in [1.82, 2.24) is 9.80 Å². The number of benzene rings is 3. The summed E-state index contributed by atoms with van der Waals surface area (Å²) in [5.41, 5.74) is 0. The number of hydrogen-bond acceptors (Lipinski definition) is 11. The van der Waals surface area contributed by atoms with Gasteiger partial charge in [0.05, 0.1) is 60.7 Å². The molecule has 3 aromatic rings. The van der Waals surface area contributed by atoms with E-state index >= 15 is 0 Å². The molecular formula is C39H52Cl5N2O9P. The number of rotatable bonds is 19. The second-order valence-electron chi connectivity index (χ2n) is 11.2. The Hall–Kier alpha value is -2.70. The third-order valence-corrected chi connectivity index (χ3v) is 9.91. The van der Waals surface area contributed by atoms with E-state index in [1.807, 2.05) is 9.80 Å². The van der Waals surface area contributed by atoms with Gasteiger partial charge in [0, 0.05) is 45.1 Å². The highest BCUT2D eigenvalue weighted by Crippen LogP contribution is 2.32. The minimum atomic E-state index is -1.61. The Morgan fingerprint density at radius 2 is 0.768 bits per heavy atom. The zero-order chi connectivity index (χ0) is 42.2. The molecule has 1 N–H and O–H groups in total. The molecular weight excluding hydrogens is 849 g/mol. The summed E-state index contributed by atoms with van der Waals surface area (Å²) in [6.45, 7) is 3.05. The molecule has 0 aliphatic carbocycles. The number of esters is 4. The number of aliphatic hydroxyl groups excluding tert-OH is 1. The highest BCUT2D eigenvalue weighted by molar-refractivity contribution is 7.79. The number of methoxy groups -OCH3 is 4. The fraction of sp³-hybridized carbons (Fsp3) is 0.436. The average Bonchev–Trinajstić information content (AvgIpc) is 3.20. The van der Waals surface area contributed by atoms with Crippen LogP contribution in [-0.2, 0) is 38.1 Å². The van der Waals surface area contributed by atoms with Crippen molar-refractivity contribution in [1.29, 1.82) is 0 Å². The molecule has 0 bridgehead atoms. The molecule has 0 spiro atoms. The predicted octanol–water partition coefficient (Wildman–Crippen LogP) is 6.06. The Morgan fingerprint density at radius 1 is 0.518 bits per heavy atom. The van der Waals surface area contributed by atoms with E-state index in [4.69, 9.17) is 63.1 Å². The summed E-state index contributed by atoms with van der Waals surface area (Å²) in [6.07, 6.45) is 1.10. The topological polar surface area (TPSA) is 132 Å². The molecule has 0 saturated carbocycles. The summed E-state index contributed by atoms with van der Waals surface area (Å²) in [7, 11) is 4.91. The van der Waals surface area contributed by atoms with Gasteiger partial charge in [-0.05, 0) is 23.8 Å². The van der Waals surface area contributed by atoms with Crippen LogP contribution in [0.2, 0.25) is 0 Å². The first-order chi connectivity index (χ1) is 26.7. The van der Waals surface area contributed by atoms with E-state index in [0.29, 0.717) is 58.0 Å². The van der Waals surface area contributed by atoms with Gasteiger partial charge in [0.2, 0.25) is 0 Å². The minimum absolute atomic E-state index is 0.0116. The second-order valence-corrected chi connectivity index (χ2v) is 17.2. The molecule has 0 unspecified atom stereocenters. The third kappa shape index (κ3) is 28.7. The molecule has 0 atom stereocenters. The Labute approximate surface area is 357 Å². The number of aliphatic hydroxyl groups is 1. The monoisotopic (exact) mass is 898 g/mol. The van der Waals surface area contributed by atoms with Gasteiger partial charge in [-0.15, -0.1) is 11.6 Å². The van der Waals surface area contributed by atoms with Crippen LogP contribution in [-0.4, -0.2) is 122 Å². The lowest BCUT2D eigenvalue weighted by Crippen LogP contribution is -2.31. The third-order valence-electron chi connectivity index (χ3n) is 7.30. The van der Waals surface area contributed by atoms with Crippen LogP contribution in [0.1, 0.15) is 25.7 Å². The molecule has 17 heteroatoms. The van der Waals surface area contributed by atoms with Gasteiger partial charge in [-0.3, -0.25) is 24.1 Å². The molecule has 0 aromatic heterocycles. The predicted molar refractivity (Wildman–Crippen MR) is 229 cm³/mol. The summed E-state index contributed by atoms with van der Waals surface area (Å²) in [5, 5.41) is 13.0. The largest absolute Gasteiger partial charge is 0.469 e. The van der Waals surface area contributed by atoms with E-state index in [-0.39, 0.29) is 43.3 Å². The van der Waals surface area contributed by atoms with Crippen LogP contribution in [0.15, 0.2) is 91.0 Å². The number of alkyl halides is 5. The molecule has 0 aliphatic rings. The van der Waals surface area contributed by atoms with Crippen LogP contribution >= 0.6 is 65.9 Å². The fourth-order valence-electron chi connectivity index (χ4n) is 4.52. The van der Waals surface area contributed by atoms with Gasteiger partial charge in [0.25, 0.3) is 3.25 Å². The van der Waals surface area contributed by atoms with Crippen molar-refractivity contribution in [2.45, 2.75) is 28.9 Å². The first kappa shape index (κ1) is 53.3. The molecule has 312 valence electrons. The maximum Gasteiger partial charge on any atom is 0.306 e. The number of ether oxygens (including phenoxy) is 4. The van der Waals surface area contributed by atoms with Gasteiger partial charge in [-0.25, -0.2) is 0 Å². The first-order valence-corrected chi connectivity index (χ1v) is 20.7. The zero-order valence-electron chi connectivity index (χ0n) is 32.1. The van der Waals surface area contributed by atoms with Crippen LogP contribution in [0.3, 0.4) is 0 Å². The lowest BCUT2D eigenvalue weighted by atomic mass is 10.3. The van der Waals surface area contributed by atoms with Crippen molar-refractivity contribution >= 4 is 106 Å². The quantitative estimate of drug-likeness (QED) is 0.0653. The standard InChI is InChI=1S/C18H15P.C10H18ClNO4.C10H19NO5.CCl4/c1-4-10-16(11-5-1)19(17-12-6-2-7-13-17)18-14-8-3-9-15-18;1-15-9(13)3-6-12(8-5-11)7-4-10(14)16-2;1-15-9(13)3-5-11(7-8-12)6-4-10(14)16-2;2-1(3,4)5/h1-15H;3-8H2,1-2H3;12H,3-8H2,1-2H3;. The van der Waals surface area contributed by atoms with E-state index in [9.17, 15) is 19.2 Å². The highest BCUT2D eigenvalue weighted by Gasteiger charge is 2.15. The van der Waals surface area contributed by atoms with Crippen molar-refractivity contribution < 1.29 is 43.2 Å². The number of nitrogens with zero attached hydrogens (tertiary/aromatic N) is 2. The molecule has 3 rings (SSSR count). The van der Waals surface area contributed by atoms with E-state index in [0.717, 1.165) is 0 Å². The van der Waals surface area contributed by atoms with E-state index < -0.39 is 11.2 Å². The summed E-state index contributed by atoms with van der Waals surface area (Å²) in [4.78, 5) is 47.5. The Bertz CT molecular complexity index is 1290. The van der Waals surface area contributed by atoms with Crippen molar-refractivity contribution in [2.24, 2.45) is 0 Å². The lowest BCUT2D eigenvalue weighted by Gasteiger charge is -2.19. The van der Waals surface area contributed by atoms with Gasteiger partial charge in [-0.1, -0.05) is 137 Å². The van der Waals surface area contributed by atoms with E-state index in [1.54, 1.807) is 0 Å². The number of halogens is 5. The normalized spacial score (nSPS) is 10.5. The van der Waals surface area contributed by atoms with Crippen LogP contribution in [0.4, 0.5) is 0 Å². The number of carbonyl (C=O) groups is 4. The van der Waals surface area contributed by atoms with Crippen molar-refractivity contribution in [2.75, 3.05) is 80.2 Å². The van der Waals surface area contributed by atoms with Crippen LogP contribution in [0.5, 0.6) is 0 Å². The molecule has 0 saturated heterocycles. The lowest BCUT2D eigenvalue weighted by molar-refractivity contribution is -0.142. The minimum Gasteiger partial charge on any atom is -0.469 e. The van der Waals surface area contributed by atoms with E-state index in [1.165, 1.54) is 44.4 Å². The number of carbonyl (C=O) groups excluding carboxylic acids is 4. The molecule has 0 fully saturated rings. The molecule has 0 heterocycles. The Balaban J connectivity index is 0.000000768. The first-order valence-electron chi connectivity index (χ1n) is 17.3. The van der Waals surface area contributed by atoms with Gasteiger partial charge in [0.15, 0.2) is 0 Å². The SMILES string of the molecule is COC(=O)CCN(CCCl)CCC(=O)OC.COC(=O)CCN(CCO)CCC(=O)OC.ClC(Cl)(Cl)Cl.c1ccc(P(c2ccccc2)c2ccccc2)cc1. The summed E-state index contributed by atoms with van der Waals surface area (Å²) < 4.78 is 16.5. The van der Waals surface area contributed by atoms with Crippen LogP contribution < -0.4 is 15.9 Å².